The number of carbonyl (C=O) groups is 1. The molecule has 1 aliphatic heterocycles. The van der Waals surface area contributed by atoms with E-state index in [0.717, 1.165) is 11.1 Å². The standard InChI is InChI=1S/C20H28N4O4S/c1-14-9-15(2)11-18(10-14)29(26,27)24-7-6-23-13-17(22-20(23)16(24)3)12-19(25)21-5-8-28-4/h9-11,13,16H,5-8,12H2,1-4H3,(H,21,25). The summed E-state index contributed by atoms with van der Waals surface area (Å²) in [5, 5.41) is 2.77. The monoisotopic (exact) mass is 420 g/mol. The summed E-state index contributed by atoms with van der Waals surface area (Å²) in [4.78, 5) is 16.9. The zero-order chi connectivity index (χ0) is 21.2. The highest BCUT2D eigenvalue weighted by atomic mass is 32.2. The number of hydrogen-bond acceptors (Lipinski definition) is 5. The molecular weight excluding hydrogens is 392 g/mol. The molecule has 0 spiro atoms. The van der Waals surface area contributed by atoms with Crippen molar-refractivity contribution in [2.45, 2.75) is 44.7 Å². The van der Waals surface area contributed by atoms with E-state index in [1.165, 1.54) is 4.31 Å². The van der Waals surface area contributed by atoms with Crippen molar-refractivity contribution in [3.05, 3.63) is 47.0 Å². The number of aromatic nitrogens is 2. The molecule has 0 saturated heterocycles. The van der Waals surface area contributed by atoms with Crippen LogP contribution in [0.4, 0.5) is 0 Å². The molecule has 1 aromatic heterocycles. The molecule has 2 heterocycles. The number of nitrogens with one attached hydrogen (secondary N) is 1. The van der Waals surface area contributed by atoms with Gasteiger partial charge in [-0.15, -0.1) is 0 Å². The molecule has 1 aliphatic rings. The van der Waals surface area contributed by atoms with E-state index in [-0.39, 0.29) is 12.3 Å². The van der Waals surface area contributed by atoms with Crippen LogP contribution in [0.25, 0.3) is 0 Å². The lowest BCUT2D eigenvalue weighted by molar-refractivity contribution is -0.120. The second-order valence-electron chi connectivity index (χ2n) is 7.42. The lowest BCUT2D eigenvalue weighted by Crippen LogP contribution is -2.41. The molecule has 9 heteroatoms. The van der Waals surface area contributed by atoms with E-state index in [2.05, 4.69) is 10.3 Å². The average molecular weight is 421 g/mol. The minimum Gasteiger partial charge on any atom is -0.383 e. The van der Waals surface area contributed by atoms with Crippen molar-refractivity contribution < 1.29 is 17.9 Å². The Kier molecular flexibility index (Phi) is 6.40. The van der Waals surface area contributed by atoms with E-state index in [9.17, 15) is 13.2 Å². The maximum Gasteiger partial charge on any atom is 0.243 e. The minimum absolute atomic E-state index is 0.134. The van der Waals surface area contributed by atoms with Gasteiger partial charge in [-0.05, 0) is 44.0 Å². The number of ether oxygens (including phenoxy) is 1. The van der Waals surface area contributed by atoms with Crippen LogP contribution in [0, 0.1) is 13.8 Å². The number of aryl methyl sites for hydroxylation is 2. The predicted octanol–water partition coefficient (Wildman–Crippen LogP) is 1.57. The first-order chi connectivity index (χ1) is 13.7. The van der Waals surface area contributed by atoms with Crippen LogP contribution in [0.15, 0.2) is 29.3 Å². The number of sulfonamides is 1. The van der Waals surface area contributed by atoms with Gasteiger partial charge < -0.3 is 14.6 Å². The normalized spacial score (nSPS) is 17.2. The molecule has 29 heavy (non-hydrogen) atoms. The largest absolute Gasteiger partial charge is 0.383 e. The van der Waals surface area contributed by atoms with Crippen molar-refractivity contribution in [3.63, 3.8) is 0 Å². The Morgan fingerprint density at radius 3 is 2.59 bits per heavy atom. The van der Waals surface area contributed by atoms with Crippen molar-refractivity contribution in [1.82, 2.24) is 19.2 Å². The molecule has 0 fully saturated rings. The number of methoxy groups -OCH3 is 1. The van der Waals surface area contributed by atoms with Gasteiger partial charge >= 0.3 is 0 Å². The number of amides is 1. The van der Waals surface area contributed by atoms with Gasteiger partial charge in [0.1, 0.15) is 5.82 Å². The molecule has 158 valence electrons. The second kappa shape index (κ2) is 8.64. The average Bonchev–Trinajstić information content (AvgIpc) is 3.04. The highest BCUT2D eigenvalue weighted by Crippen LogP contribution is 2.31. The molecule has 8 nitrogen and oxygen atoms in total. The van der Waals surface area contributed by atoms with Gasteiger partial charge in [0.2, 0.25) is 15.9 Å². The Morgan fingerprint density at radius 2 is 1.93 bits per heavy atom. The highest BCUT2D eigenvalue weighted by Gasteiger charge is 2.35. The summed E-state index contributed by atoms with van der Waals surface area (Å²) < 4.78 is 34.9. The van der Waals surface area contributed by atoms with Gasteiger partial charge in [0.15, 0.2) is 0 Å². The van der Waals surface area contributed by atoms with Crippen molar-refractivity contribution in [2.75, 3.05) is 26.8 Å². The van der Waals surface area contributed by atoms with Crippen LogP contribution in [-0.2, 0) is 32.5 Å². The van der Waals surface area contributed by atoms with Crippen LogP contribution in [0.2, 0.25) is 0 Å². The number of benzene rings is 1. The quantitative estimate of drug-likeness (QED) is 0.687. The first-order valence-electron chi connectivity index (χ1n) is 9.64. The smallest absolute Gasteiger partial charge is 0.243 e. The van der Waals surface area contributed by atoms with Crippen molar-refractivity contribution in [2.24, 2.45) is 0 Å². The van der Waals surface area contributed by atoms with Gasteiger partial charge in [0.05, 0.1) is 29.7 Å². The van der Waals surface area contributed by atoms with Crippen LogP contribution in [-0.4, -0.2) is 55.0 Å². The summed E-state index contributed by atoms with van der Waals surface area (Å²) in [7, 11) is -2.06. The third kappa shape index (κ3) is 4.68. The molecule has 0 radical (unpaired) electrons. The Labute approximate surface area is 171 Å². The number of imidazole rings is 1. The molecule has 1 aromatic carbocycles. The van der Waals surface area contributed by atoms with Crippen molar-refractivity contribution in [3.8, 4) is 0 Å². The summed E-state index contributed by atoms with van der Waals surface area (Å²) in [6.07, 6.45) is 1.99. The van der Waals surface area contributed by atoms with E-state index in [1.807, 2.05) is 37.6 Å². The molecule has 1 unspecified atom stereocenters. The summed E-state index contributed by atoms with van der Waals surface area (Å²) in [5.41, 5.74) is 2.46. The van der Waals surface area contributed by atoms with Gasteiger partial charge in [-0.3, -0.25) is 4.79 Å². The van der Waals surface area contributed by atoms with E-state index < -0.39 is 16.1 Å². The van der Waals surface area contributed by atoms with Crippen LogP contribution < -0.4 is 5.32 Å². The number of rotatable bonds is 7. The number of fused-ring (bicyclic) bond motifs is 1. The molecule has 1 amide bonds. The molecular formula is C20H28N4O4S. The van der Waals surface area contributed by atoms with E-state index >= 15 is 0 Å². The zero-order valence-corrected chi connectivity index (χ0v) is 18.1. The van der Waals surface area contributed by atoms with Crippen LogP contribution >= 0.6 is 0 Å². The first kappa shape index (κ1) is 21.5. The van der Waals surface area contributed by atoms with E-state index in [0.29, 0.717) is 42.7 Å². The molecule has 3 rings (SSSR count). The number of carbonyl (C=O) groups excluding carboxylic acids is 1. The Hall–Kier alpha value is -2.23. The molecule has 0 bridgehead atoms. The molecule has 1 atom stereocenters. The lowest BCUT2D eigenvalue weighted by Gasteiger charge is -2.32. The number of hydrogen-bond donors (Lipinski definition) is 1. The molecule has 0 aliphatic carbocycles. The summed E-state index contributed by atoms with van der Waals surface area (Å²) in [5.74, 6) is 0.522. The summed E-state index contributed by atoms with van der Waals surface area (Å²) >= 11 is 0. The SMILES string of the molecule is COCCNC(=O)Cc1cn2c(n1)C(C)N(S(=O)(=O)c1cc(C)cc(C)c1)CC2. The van der Waals surface area contributed by atoms with E-state index in [1.54, 1.807) is 19.2 Å². The summed E-state index contributed by atoms with van der Waals surface area (Å²) in [6.45, 7) is 7.38. The van der Waals surface area contributed by atoms with Gasteiger partial charge in [0.25, 0.3) is 0 Å². The van der Waals surface area contributed by atoms with Crippen molar-refractivity contribution >= 4 is 15.9 Å². The van der Waals surface area contributed by atoms with Gasteiger partial charge in [-0.25, -0.2) is 13.4 Å². The lowest BCUT2D eigenvalue weighted by atomic mass is 10.2. The third-order valence-corrected chi connectivity index (χ3v) is 6.94. The fraction of sp³-hybridized carbons (Fsp3) is 0.500. The third-order valence-electron chi connectivity index (χ3n) is 5.00. The Bertz CT molecular complexity index is 980. The molecule has 2 aromatic rings. The first-order valence-corrected chi connectivity index (χ1v) is 11.1. The molecule has 0 saturated carbocycles. The van der Waals surface area contributed by atoms with Gasteiger partial charge in [-0.2, -0.15) is 4.31 Å². The van der Waals surface area contributed by atoms with Gasteiger partial charge in [-0.1, -0.05) is 6.07 Å². The van der Waals surface area contributed by atoms with E-state index in [4.69, 9.17) is 4.74 Å². The van der Waals surface area contributed by atoms with Crippen LogP contribution in [0.1, 0.15) is 35.6 Å². The fourth-order valence-electron chi connectivity index (χ4n) is 3.68. The zero-order valence-electron chi connectivity index (χ0n) is 17.3. The summed E-state index contributed by atoms with van der Waals surface area (Å²) in [6, 6.07) is 4.94. The maximum atomic E-state index is 13.3. The Balaban J connectivity index is 1.79. The fourth-order valence-corrected chi connectivity index (χ4v) is 5.45. The second-order valence-corrected chi connectivity index (χ2v) is 9.31. The molecule has 1 N–H and O–H groups in total. The van der Waals surface area contributed by atoms with Crippen LogP contribution in [0.3, 0.4) is 0 Å². The predicted molar refractivity (Wildman–Crippen MR) is 109 cm³/mol. The Morgan fingerprint density at radius 1 is 1.24 bits per heavy atom. The highest BCUT2D eigenvalue weighted by molar-refractivity contribution is 7.89. The maximum absolute atomic E-state index is 13.3. The van der Waals surface area contributed by atoms with Crippen LogP contribution in [0.5, 0.6) is 0 Å². The minimum atomic E-state index is -3.64. The van der Waals surface area contributed by atoms with Gasteiger partial charge in [0, 0.05) is 32.9 Å². The van der Waals surface area contributed by atoms with Crippen molar-refractivity contribution in [1.29, 1.82) is 0 Å². The topological polar surface area (TPSA) is 93.5 Å². The number of nitrogens with zero attached hydrogens (tertiary/aromatic N) is 3.